The van der Waals surface area contributed by atoms with E-state index in [1.807, 2.05) is 11.8 Å². The Morgan fingerprint density at radius 2 is 1.88 bits per heavy atom. The van der Waals surface area contributed by atoms with Gasteiger partial charge in [-0.15, -0.1) is 21.5 Å². The maximum atomic E-state index is 14.0. The fraction of sp³-hybridized carbons (Fsp3) is 0.724. The van der Waals surface area contributed by atoms with Crippen LogP contribution >= 0.6 is 11.3 Å². The fourth-order valence-corrected chi connectivity index (χ4v) is 7.54. The molecule has 0 radical (unpaired) electrons. The second-order valence-corrected chi connectivity index (χ2v) is 14.1. The molecule has 2 aromatic rings. The average Bonchev–Trinajstić information content (AvgIpc) is 3.51. The van der Waals surface area contributed by atoms with Crippen molar-refractivity contribution in [3.05, 3.63) is 28.9 Å². The average molecular weight is 585 g/mol. The Kier molecular flexibility index (Phi) is 7.65. The third kappa shape index (κ3) is 5.64. The second-order valence-electron chi connectivity index (χ2n) is 13.2. The molecule has 0 aromatic carbocycles. The van der Waals surface area contributed by atoms with E-state index in [-0.39, 0.29) is 41.7 Å². The van der Waals surface area contributed by atoms with Crippen molar-refractivity contribution in [2.75, 3.05) is 32.8 Å². The summed E-state index contributed by atoms with van der Waals surface area (Å²) in [5.41, 5.74) is 1.16. The highest BCUT2D eigenvalue weighted by Crippen LogP contribution is 2.54. The molecule has 222 valence electrons. The lowest BCUT2D eigenvalue weighted by atomic mass is 9.70. The minimum atomic E-state index is -0.623. The Morgan fingerprint density at radius 1 is 1.15 bits per heavy atom. The van der Waals surface area contributed by atoms with Gasteiger partial charge in [0.15, 0.2) is 0 Å². The number of hydrogen-bond acceptors (Lipinski definition) is 9. The minimum absolute atomic E-state index is 0.0333. The summed E-state index contributed by atoms with van der Waals surface area (Å²) in [7, 11) is 0. The maximum Gasteiger partial charge on any atom is 0.265 e. The number of hydrogen-bond donors (Lipinski definition) is 1. The zero-order chi connectivity index (χ0) is 28.8. The Bertz CT molecular complexity index is 1240. The first kappa shape index (κ1) is 28.3. The van der Waals surface area contributed by atoms with Gasteiger partial charge in [-0.2, -0.15) is 0 Å². The molecular formula is C29H40N6O5S. The molecule has 4 atom stereocenters. The summed E-state index contributed by atoms with van der Waals surface area (Å²) >= 11 is 1.29. The van der Waals surface area contributed by atoms with E-state index >= 15 is 0 Å². The largest absolute Gasteiger partial charge is 0.426 e. The Hall–Kier alpha value is -2.86. The highest BCUT2D eigenvalue weighted by molar-refractivity contribution is 7.11. The van der Waals surface area contributed by atoms with Crippen molar-refractivity contribution in [2.45, 2.75) is 71.4 Å². The van der Waals surface area contributed by atoms with Crippen molar-refractivity contribution in [2.24, 2.45) is 28.6 Å². The Morgan fingerprint density at radius 3 is 2.51 bits per heavy atom. The van der Waals surface area contributed by atoms with Gasteiger partial charge in [-0.1, -0.05) is 33.1 Å². The van der Waals surface area contributed by atoms with Crippen LogP contribution in [0.25, 0.3) is 0 Å². The van der Waals surface area contributed by atoms with Gasteiger partial charge in [0.2, 0.25) is 24.1 Å². The standard InChI is InChI=1S/C29H40N6O5S/c1-18(39-12-19-7-5-4-6-8-19)23(25-33-31-16-40-25)32-24(36)21-11-34(27(38)22-10-30-17-41-22)13-29(21)14-35(15-29)26(37)20-9-28(20,2)3/h10,16-21,23H,4-9,11-15H2,1-3H3,(H,32,36)/t18-,20-,21+,23+/m1/s1. The van der Waals surface area contributed by atoms with Gasteiger partial charge in [0.1, 0.15) is 10.9 Å². The molecule has 1 N–H and O–H groups in total. The van der Waals surface area contributed by atoms with Gasteiger partial charge in [0, 0.05) is 44.1 Å². The Balaban J connectivity index is 1.17. The SMILES string of the molecule is C[C@@H](OCC1CCCCC1)[C@H](NC(=O)[C@@H]1CN(C(=O)c2cncs2)CC12CN(C(=O)[C@H]1CC1(C)C)C2)c1nnco1. The molecule has 6 rings (SSSR count). The number of carbonyl (C=O) groups is 3. The van der Waals surface area contributed by atoms with Crippen LogP contribution in [0.5, 0.6) is 0 Å². The topological polar surface area (TPSA) is 131 Å². The molecule has 2 aliphatic heterocycles. The van der Waals surface area contributed by atoms with Crippen molar-refractivity contribution >= 4 is 29.1 Å². The smallest absolute Gasteiger partial charge is 0.265 e. The van der Waals surface area contributed by atoms with E-state index in [1.54, 1.807) is 16.6 Å². The van der Waals surface area contributed by atoms with E-state index in [2.05, 4.69) is 34.3 Å². The van der Waals surface area contributed by atoms with Crippen LogP contribution in [-0.2, 0) is 14.3 Å². The molecule has 0 bridgehead atoms. The summed E-state index contributed by atoms with van der Waals surface area (Å²) in [6.45, 7) is 8.38. The van der Waals surface area contributed by atoms with Crippen molar-refractivity contribution in [1.29, 1.82) is 0 Å². The molecule has 0 unspecified atom stereocenters. The van der Waals surface area contributed by atoms with Gasteiger partial charge in [-0.05, 0) is 37.5 Å². The molecule has 12 heteroatoms. The first-order chi connectivity index (χ1) is 19.7. The zero-order valence-electron chi connectivity index (χ0n) is 24.1. The van der Waals surface area contributed by atoms with E-state index in [4.69, 9.17) is 9.15 Å². The highest BCUT2D eigenvalue weighted by Gasteiger charge is 2.62. The number of carbonyl (C=O) groups excluding carboxylic acids is 3. The number of ether oxygens (including phenoxy) is 1. The number of thiazole rings is 1. The maximum absolute atomic E-state index is 14.0. The Labute approximate surface area is 244 Å². The molecule has 2 saturated carbocycles. The van der Waals surface area contributed by atoms with Gasteiger partial charge in [0.25, 0.3) is 5.91 Å². The molecule has 2 aromatic heterocycles. The molecule has 4 heterocycles. The summed E-state index contributed by atoms with van der Waals surface area (Å²) in [5.74, 6) is 0.178. The van der Waals surface area contributed by atoms with Crippen molar-refractivity contribution < 1.29 is 23.5 Å². The first-order valence-corrected chi connectivity index (χ1v) is 15.7. The molecule has 1 spiro atoms. The quantitative estimate of drug-likeness (QED) is 0.475. The monoisotopic (exact) mass is 584 g/mol. The van der Waals surface area contributed by atoms with E-state index in [0.29, 0.717) is 42.9 Å². The third-order valence-electron chi connectivity index (χ3n) is 9.76. The number of likely N-dealkylation sites (tertiary alicyclic amines) is 2. The van der Waals surface area contributed by atoms with Crippen LogP contribution in [0, 0.1) is 28.6 Å². The molecule has 2 aliphatic carbocycles. The van der Waals surface area contributed by atoms with Gasteiger partial charge in [0.05, 0.1) is 23.7 Å². The molecule has 41 heavy (non-hydrogen) atoms. The molecular weight excluding hydrogens is 544 g/mol. The number of aromatic nitrogens is 3. The van der Waals surface area contributed by atoms with Crippen molar-refractivity contribution in [3.8, 4) is 0 Å². The van der Waals surface area contributed by atoms with Crippen LogP contribution in [0.4, 0.5) is 0 Å². The summed E-state index contributed by atoms with van der Waals surface area (Å²) < 4.78 is 11.8. The molecule has 4 fully saturated rings. The molecule has 11 nitrogen and oxygen atoms in total. The lowest BCUT2D eigenvalue weighted by molar-refractivity contribution is -0.152. The van der Waals surface area contributed by atoms with Crippen LogP contribution in [0.2, 0.25) is 0 Å². The van der Waals surface area contributed by atoms with Crippen molar-refractivity contribution in [3.63, 3.8) is 0 Å². The van der Waals surface area contributed by atoms with E-state index in [9.17, 15) is 14.4 Å². The van der Waals surface area contributed by atoms with Gasteiger partial charge < -0.3 is 24.3 Å². The molecule has 2 saturated heterocycles. The van der Waals surface area contributed by atoms with Gasteiger partial charge >= 0.3 is 0 Å². The lowest BCUT2D eigenvalue weighted by Crippen LogP contribution is -2.64. The predicted molar refractivity (Wildman–Crippen MR) is 150 cm³/mol. The lowest BCUT2D eigenvalue weighted by Gasteiger charge is -2.50. The summed E-state index contributed by atoms with van der Waals surface area (Å²) in [5, 5.41) is 11.1. The van der Waals surface area contributed by atoms with Gasteiger partial charge in [-0.3, -0.25) is 19.4 Å². The summed E-state index contributed by atoms with van der Waals surface area (Å²) in [6, 6.07) is -0.623. The number of nitrogens with zero attached hydrogens (tertiary/aromatic N) is 5. The molecule has 3 amide bonds. The number of rotatable bonds is 9. The normalized spacial score (nSPS) is 26.4. The fourth-order valence-electron chi connectivity index (χ4n) is 6.95. The van der Waals surface area contributed by atoms with Crippen LogP contribution in [0.1, 0.15) is 80.9 Å². The van der Waals surface area contributed by atoms with Crippen LogP contribution in [0.3, 0.4) is 0 Å². The molecule has 4 aliphatic rings. The van der Waals surface area contributed by atoms with Crippen LogP contribution in [-0.4, -0.2) is 81.6 Å². The summed E-state index contributed by atoms with van der Waals surface area (Å²) in [4.78, 5) is 48.7. The second kappa shape index (κ2) is 11.1. The highest BCUT2D eigenvalue weighted by atomic mass is 32.1. The third-order valence-corrected chi connectivity index (χ3v) is 10.5. The zero-order valence-corrected chi connectivity index (χ0v) is 24.9. The van der Waals surface area contributed by atoms with E-state index < -0.39 is 17.4 Å². The van der Waals surface area contributed by atoms with Crippen LogP contribution in [0.15, 0.2) is 22.5 Å². The van der Waals surface area contributed by atoms with Crippen molar-refractivity contribution in [1.82, 2.24) is 30.3 Å². The van der Waals surface area contributed by atoms with E-state index in [1.165, 1.54) is 37.0 Å². The van der Waals surface area contributed by atoms with Crippen LogP contribution < -0.4 is 5.32 Å². The number of nitrogens with one attached hydrogen (secondary N) is 1. The minimum Gasteiger partial charge on any atom is -0.426 e. The first-order valence-electron chi connectivity index (χ1n) is 14.8. The predicted octanol–water partition coefficient (Wildman–Crippen LogP) is 3.32. The van der Waals surface area contributed by atoms with Gasteiger partial charge in [-0.25, -0.2) is 0 Å². The van der Waals surface area contributed by atoms with E-state index in [0.717, 1.165) is 19.3 Å². The number of amides is 3. The summed E-state index contributed by atoms with van der Waals surface area (Å²) in [6.07, 6.45) is 9.37.